The molecule has 0 aliphatic rings. The van der Waals surface area contributed by atoms with Crippen LogP contribution in [0.4, 0.5) is 0 Å². The molecule has 4 nitrogen and oxygen atoms in total. The minimum atomic E-state index is 0.636. The van der Waals surface area contributed by atoms with Gasteiger partial charge in [0.15, 0.2) is 0 Å². The highest BCUT2D eigenvalue weighted by atomic mass is 32.1. The average Bonchev–Trinajstić information content (AvgIpc) is 2.86. The zero-order valence-electron chi connectivity index (χ0n) is 12.9. The van der Waals surface area contributed by atoms with Gasteiger partial charge in [-0.05, 0) is 37.1 Å². The van der Waals surface area contributed by atoms with E-state index in [0.29, 0.717) is 12.5 Å². The van der Waals surface area contributed by atoms with E-state index in [-0.39, 0.29) is 0 Å². The van der Waals surface area contributed by atoms with Gasteiger partial charge in [-0.1, -0.05) is 26.0 Å². The summed E-state index contributed by atoms with van der Waals surface area (Å²) in [6.07, 6.45) is 0.801. The van der Waals surface area contributed by atoms with Gasteiger partial charge in [0.2, 0.25) is 0 Å². The number of benzene rings is 1. The van der Waals surface area contributed by atoms with E-state index in [1.807, 2.05) is 18.2 Å². The predicted molar refractivity (Wildman–Crippen MR) is 86.8 cm³/mol. The van der Waals surface area contributed by atoms with Crippen molar-refractivity contribution in [2.45, 2.75) is 33.7 Å². The topological polar surface area (TPSA) is 47.0 Å². The lowest BCUT2D eigenvalue weighted by Crippen LogP contribution is -2.18. The number of hydrogen-bond donors (Lipinski definition) is 1. The van der Waals surface area contributed by atoms with Gasteiger partial charge in [-0.2, -0.15) is 0 Å². The molecule has 2 rings (SSSR count). The van der Waals surface area contributed by atoms with Crippen LogP contribution in [0.15, 0.2) is 24.3 Å². The van der Waals surface area contributed by atoms with Gasteiger partial charge < -0.3 is 10.1 Å². The minimum Gasteiger partial charge on any atom is -0.493 e. The molecule has 2 aromatic rings. The van der Waals surface area contributed by atoms with Gasteiger partial charge in [0, 0.05) is 13.0 Å². The molecule has 0 saturated heterocycles. The summed E-state index contributed by atoms with van der Waals surface area (Å²) in [5.41, 5.74) is 1.21. The summed E-state index contributed by atoms with van der Waals surface area (Å²) in [6, 6.07) is 8.10. The fourth-order valence-electron chi connectivity index (χ4n) is 1.89. The molecule has 0 fully saturated rings. The van der Waals surface area contributed by atoms with Crippen LogP contribution in [0.3, 0.4) is 0 Å². The SMILES string of the molecule is Cc1cccc(OCCc2nnc(CNCC(C)C)s2)c1. The van der Waals surface area contributed by atoms with Crippen molar-refractivity contribution >= 4 is 11.3 Å². The number of nitrogens with zero attached hydrogens (tertiary/aromatic N) is 2. The zero-order chi connectivity index (χ0) is 15.1. The Morgan fingerprint density at radius 2 is 2.05 bits per heavy atom. The molecule has 0 aliphatic carbocycles. The molecule has 0 saturated carbocycles. The standard InChI is InChI=1S/C16H23N3OS/c1-12(2)10-17-11-16-19-18-15(21-16)7-8-20-14-6-4-5-13(3)9-14/h4-6,9,12,17H,7-8,10-11H2,1-3H3. The van der Waals surface area contributed by atoms with Crippen molar-refractivity contribution in [1.29, 1.82) is 0 Å². The average molecular weight is 305 g/mol. The van der Waals surface area contributed by atoms with E-state index in [0.717, 1.165) is 35.3 Å². The number of ether oxygens (including phenoxy) is 1. The Labute approximate surface area is 130 Å². The summed E-state index contributed by atoms with van der Waals surface area (Å²) in [7, 11) is 0. The van der Waals surface area contributed by atoms with Crippen LogP contribution in [0.5, 0.6) is 5.75 Å². The van der Waals surface area contributed by atoms with Crippen molar-refractivity contribution in [1.82, 2.24) is 15.5 Å². The van der Waals surface area contributed by atoms with E-state index < -0.39 is 0 Å². The molecule has 1 heterocycles. The van der Waals surface area contributed by atoms with Crippen molar-refractivity contribution in [3.8, 4) is 5.75 Å². The third-order valence-corrected chi connectivity index (χ3v) is 3.89. The van der Waals surface area contributed by atoms with Crippen LogP contribution >= 0.6 is 11.3 Å². The Morgan fingerprint density at radius 3 is 2.81 bits per heavy atom. The third-order valence-electron chi connectivity index (χ3n) is 2.91. The second-order valence-electron chi connectivity index (χ2n) is 5.53. The lowest BCUT2D eigenvalue weighted by atomic mass is 10.2. The largest absolute Gasteiger partial charge is 0.493 e. The molecule has 114 valence electrons. The molecular formula is C16H23N3OS. The molecule has 1 aromatic carbocycles. The maximum atomic E-state index is 5.74. The van der Waals surface area contributed by atoms with Gasteiger partial charge in [-0.25, -0.2) is 0 Å². The molecule has 0 atom stereocenters. The highest BCUT2D eigenvalue weighted by Gasteiger charge is 2.05. The first-order valence-electron chi connectivity index (χ1n) is 7.35. The molecule has 5 heteroatoms. The van der Waals surface area contributed by atoms with Crippen LogP contribution in [0, 0.1) is 12.8 Å². The van der Waals surface area contributed by atoms with E-state index in [4.69, 9.17) is 4.74 Å². The van der Waals surface area contributed by atoms with Gasteiger partial charge in [0.05, 0.1) is 6.61 Å². The maximum absolute atomic E-state index is 5.74. The second-order valence-corrected chi connectivity index (χ2v) is 6.68. The third kappa shape index (κ3) is 5.81. The van der Waals surface area contributed by atoms with Gasteiger partial charge in [-0.3, -0.25) is 0 Å². The second kappa shape index (κ2) is 8.10. The zero-order valence-corrected chi connectivity index (χ0v) is 13.7. The van der Waals surface area contributed by atoms with Crippen LogP contribution in [0.25, 0.3) is 0 Å². The summed E-state index contributed by atoms with van der Waals surface area (Å²) in [4.78, 5) is 0. The molecule has 0 amide bonds. The Hall–Kier alpha value is -1.46. The Kier molecular flexibility index (Phi) is 6.14. The molecule has 1 N–H and O–H groups in total. The quantitative estimate of drug-likeness (QED) is 0.813. The van der Waals surface area contributed by atoms with E-state index in [2.05, 4.69) is 42.4 Å². The monoisotopic (exact) mass is 305 g/mol. The Bertz CT molecular complexity index is 554. The number of aromatic nitrogens is 2. The Morgan fingerprint density at radius 1 is 1.24 bits per heavy atom. The first kappa shape index (κ1) is 15.9. The molecule has 21 heavy (non-hydrogen) atoms. The number of rotatable bonds is 8. The smallest absolute Gasteiger partial charge is 0.131 e. The minimum absolute atomic E-state index is 0.636. The fraction of sp³-hybridized carbons (Fsp3) is 0.500. The molecule has 0 spiro atoms. The van der Waals surface area contributed by atoms with Crippen LogP contribution in [0.1, 0.15) is 29.4 Å². The summed E-state index contributed by atoms with van der Waals surface area (Å²) in [6.45, 7) is 8.90. The maximum Gasteiger partial charge on any atom is 0.131 e. The van der Waals surface area contributed by atoms with Crippen LogP contribution in [-0.4, -0.2) is 23.3 Å². The van der Waals surface area contributed by atoms with Crippen molar-refractivity contribution < 1.29 is 4.74 Å². The molecule has 0 bridgehead atoms. The van der Waals surface area contributed by atoms with Crippen LogP contribution < -0.4 is 10.1 Å². The van der Waals surface area contributed by atoms with E-state index in [9.17, 15) is 0 Å². The normalized spacial score (nSPS) is 11.0. The fourth-order valence-corrected chi connectivity index (χ4v) is 2.68. The first-order chi connectivity index (χ1) is 10.1. The highest BCUT2D eigenvalue weighted by molar-refractivity contribution is 7.11. The lowest BCUT2D eigenvalue weighted by Gasteiger charge is -2.05. The number of hydrogen-bond acceptors (Lipinski definition) is 5. The summed E-state index contributed by atoms with van der Waals surface area (Å²) in [5.74, 6) is 1.57. The van der Waals surface area contributed by atoms with Crippen molar-refractivity contribution in [2.75, 3.05) is 13.2 Å². The summed E-state index contributed by atoms with van der Waals surface area (Å²) < 4.78 is 5.74. The van der Waals surface area contributed by atoms with Gasteiger partial charge >= 0.3 is 0 Å². The number of nitrogens with one attached hydrogen (secondary N) is 1. The Balaban J connectivity index is 1.72. The first-order valence-corrected chi connectivity index (χ1v) is 8.16. The molecule has 0 radical (unpaired) electrons. The lowest BCUT2D eigenvalue weighted by molar-refractivity contribution is 0.321. The molecule has 0 unspecified atom stereocenters. The van der Waals surface area contributed by atoms with Crippen molar-refractivity contribution in [2.24, 2.45) is 5.92 Å². The highest BCUT2D eigenvalue weighted by Crippen LogP contribution is 2.14. The molecular weight excluding hydrogens is 282 g/mol. The van der Waals surface area contributed by atoms with Crippen molar-refractivity contribution in [3.63, 3.8) is 0 Å². The van der Waals surface area contributed by atoms with Crippen LogP contribution in [-0.2, 0) is 13.0 Å². The summed E-state index contributed by atoms with van der Waals surface area (Å²) >= 11 is 1.66. The van der Waals surface area contributed by atoms with Crippen molar-refractivity contribution in [3.05, 3.63) is 39.8 Å². The summed E-state index contributed by atoms with van der Waals surface area (Å²) in [5, 5.41) is 13.9. The predicted octanol–water partition coefficient (Wildman–Crippen LogP) is 3.21. The van der Waals surface area contributed by atoms with Crippen LogP contribution in [0.2, 0.25) is 0 Å². The van der Waals surface area contributed by atoms with E-state index >= 15 is 0 Å². The van der Waals surface area contributed by atoms with E-state index in [1.54, 1.807) is 11.3 Å². The molecule has 0 aliphatic heterocycles. The van der Waals surface area contributed by atoms with Gasteiger partial charge in [-0.15, -0.1) is 21.5 Å². The molecule has 1 aromatic heterocycles. The van der Waals surface area contributed by atoms with Gasteiger partial charge in [0.25, 0.3) is 0 Å². The van der Waals surface area contributed by atoms with Gasteiger partial charge in [0.1, 0.15) is 15.8 Å². The number of aryl methyl sites for hydroxylation is 1. The van der Waals surface area contributed by atoms with E-state index in [1.165, 1.54) is 5.56 Å².